The van der Waals surface area contributed by atoms with Gasteiger partial charge in [-0.2, -0.15) is 13.2 Å². The third-order valence-electron chi connectivity index (χ3n) is 2.67. The van der Waals surface area contributed by atoms with Crippen LogP contribution in [0.5, 0.6) is 5.88 Å². The molecule has 0 aliphatic carbocycles. The van der Waals surface area contributed by atoms with Gasteiger partial charge in [-0.1, -0.05) is 6.92 Å². The Morgan fingerprint density at radius 2 is 1.95 bits per heavy atom. The number of hydrogen-bond donors (Lipinski definition) is 2. The minimum absolute atomic E-state index is 0.0505. The lowest BCUT2D eigenvalue weighted by molar-refractivity contribution is -0.141. The molecule has 4 nitrogen and oxygen atoms in total. The lowest BCUT2D eigenvalue weighted by Gasteiger charge is -2.25. The summed E-state index contributed by atoms with van der Waals surface area (Å²) >= 11 is 0. The summed E-state index contributed by atoms with van der Waals surface area (Å²) in [5.74, 6) is -0.655. The first-order valence-corrected chi connectivity index (χ1v) is 5.68. The number of alkyl halides is 3. The summed E-state index contributed by atoms with van der Waals surface area (Å²) in [6.45, 7) is 5.28. The van der Waals surface area contributed by atoms with Crippen molar-refractivity contribution in [3.63, 3.8) is 0 Å². The van der Waals surface area contributed by atoms with Gasteiger partial charge in [0.1, 0.15) is 17.1 Å². The van der Waals surface area contributed by atoms with Gasteiger partial charge >= 0.3 is 6.18 Å². The number of aromatic nitrogens is 1. The van der Waals surface area contributed by atoms with E-state index in [4.69, 9.17) is 15.9 Å². The number of nitrogens with one attached hydrogen (secondary N) is 1. The Morgan fingerprint density at radius 1 is 1.37 bits per heavy atom. The molecule has 0 spiro atoms. The first kappa shape index (κ1) is 15.3. The van der Waals surface area contributed by atoms with Crippen LogP contribution in [-0.2, 0) is 6.18 Å². The van der Waals surface area contributed by atoms with Crippen molar-refractivity contribution in [1.29, 1.82) is 5.41 Å². The zero-order valence-corrected chi connectivity index (χ0v) is 10.9. The van der Waals surface area contributed by atoms with Gasteiger partial charge in [0.2, 0.25) is 5.88 Å². The molecule has 1 rings (SSSR count). The normalized spacial score (nSPS) is 12.3. The van der Waals surface area contributed by atoms with Crippen LogP contribution in [0.3, 0.4) is 0 Å². The molecular weight excluding hydrogens is 259 g/mol. The van der Waals surface area contributed by atoms with E-state index in [1.165, 1.54) is 0 Å². The number of rotatable bonds is 4. The Kier molecular flexibility index (Phi) is 4.07. The minimum atomic E-state index is -4.57. The van der Waals surface area contributed by atoms with Crippen molar-refractivity contribution in [3.05, 3.63) is 23.4 Å². The molecule has 0 amide bonds. The largest absolute Gasteiger partial charge is 0.471 e. The Hall–Kier alpha value is -1.79. The molecule has 0 unspecified atom stereocenters. The van der Waals surface area contributed by atoms with Crippen LogP contribution in [0.4, 0.5) is 13.2 Å². The van der Waals surface area contributed by atoms with Crippen molar-refractivity contribution in [2.24, 2.45) is 5.73 Å². The van der Waals surface area contributed by atoms with Crippen LogP contribution in [-0.4, -0.2) is 16.4 Å². The Morgan fingerprint density at radius 3 is 2.37 bits per heavy atom. The molecule has 0 aromatic carbocycles. The maximum Gasteiger partial charge on any atom is 0.433 e. The molecule has 0 saturated carbocycles. The van der Waals surface area contributed by atoms with Crippen molar-refractivity contribution in [1.82, 2.24) is 4.98 Å². The summed E-state index contributed by atoms with van der Waals surface area (Å²) < 4.78 is 43.3. The maximum atomic E-state index is 12.6. The highest BCUT2D eigenvalue weighted by molar-refractivity contribution is 5.97. The van der Waals surface area contributed by atoms with Crippen molar-refractivity contribution < 1.29 is 17.9 Å². The molecule has 0 radical (unpaired) electrons. The zero-order chi connectivity index (χ0) is 14.8. The first-order valence-electron chi connectivity index (χ1n) is 5.68. The van der Waals surface area contributed by atoms with E-state index in [1.807, 2.05) is 6.92 Å². The molecule has 1 aromatic rings. The third kappa shape index (κ3) is 3.84. The number of nitrogens with two attached hydrogens (primary N) is 1. The quantitative estimate of drug-likeness (QED) is 0.655. The van der Waals surface area contributed by atoms with E-state index in [0.29, 0.717) is 6.42 Å². The van der Waals surface area contributed by atoms with E-state index in [9.17, 15) is 13.2 Å². The Labute approximate surface area is 109 Å². The van der Waals surface area contributed by atoms with Crippen LogP contribution in [0.25, 0.3) is 0 Å². The average molecular weight is 275 g/mol. The summed E-state index contributed by atoms with van der Waals surface area (Å²) in [5, 5.41) is 7.34. The predicted molar refractivity (Wildman–Crippen MR) is 65.3 cm³/mol. The van der Waals surface area contributed by atoms with Gasteiger partial charge < -0.3 is 10.5 Å². The van der Waals surface area contributed by atoms with Crippen LogP contribution in [0.2, 0.25) is 0 Å². The van der Waals surface area contributed by atoms with Crippen LogP contribution in [0, 0.1) is 5.41 Å². The van der Waals surface area contributed by atoms with Crippen LogP contribution in [0.15, 0.2) is 12.1 Å². The molecule has 3 N–H and O–H groups in total. The molecule has 7 heteroatoms. The second-order valence-electron chi connectivity index (χ2n) is 4.68. The fraction of sp³-hybridized carbons (Fsp3) is 0.500. The van der Waals surface area contributed by atoms with Crippen LogP contribution >= 0.6 is 0 Å². The number of hydrogen-bond acceptors (Lipinski definition) is 3. The second-order valence-corrected chi connectivity index (χ2v) is 4.68. The smallest absolute Gasteiger partial charge is 0.433 e. The van der Waals surface area contributed by atoms with E-state index < -0.39 is 17.5 Å². The van der Waals surface area contributed by atoms with Gasteiger partial charge in [0.25, 0.3) is 0 Å². The summed E-state index contributed by atoms with van der Waals surface area (Å²) in [7, 11) is 0. The Bertz CT molecular complexity index is 484. The van der Waals surface area contributed by atoms with E-state index >= 15 is 0 Å². The molecule has 0 atom stereocenters. The van der Waals surface area contributed by atoms with E-state index in [2.05, 4.69) is 4.98 Å². The molecule has 0 bridgehead atoms. The topological polar surface area (TPSA) is 72.0 Å². The minimum Gasteiger partial charge on any atom is -0.471 e. The summed E-state index contributed by atoms with van der Waals surface area (Å²) in [4.78, 5) is 3.43. The van der Waals surface area contributed by atoms with Gasteiger partial charge in [-0.15, -0.1) is 0 Å². The van der Waals surface area contributed by atoms with Crippen molar-refractivity contribution in [2.75, 3.05) is 0 Å². The highest BCUT2D eigenvalue weighted by Crippen LogP contribution is 2.31. The highest BCUT2D eigenvalue weighted by Gasteiger charge is 2.34. The number of amidine groups is 1. The van der Waals surface area contributed by atoms with Gasteiger partial charge in [0, 0.05) is 0 Å². The van der Waals surface area contributed by atoms with Gasteiger partial charge in [-0.05, 0) is 32.4 Å². The fourth-order valence-electron chi connectivity index (χ4n) is 1.21. The number of ether oxygens (including phenoxy) is 1. The highest BCUT2D eigenvalue weighted by atomic mass is 19.4. The van der Waals surface area contributed by atoms with Crippen molar-refractivity contribution in [3.8, 4) is 5.88 Å². The molecule has 0 saturated heterocycles. The van der Waals surface area contributed by atoms with Gasteiger partial charge in [-0.3, -0.25) is 5.41 Å². The molecule has 1 heterocycles. The molecule has 106 valence electrons. The summed E-state index contributed by atoms with van der Waals surface area (Å²) in [6, 6.07) is 1.88. The SMILES string of the molecule is CCC(C)(C)Oc1nc(C(F)(F)F)ccc1C(=N)N. The van der Waals surface area contributed by atoms with Gasteiger partial charge in [0.05, 0.1) is 5.56 Å². The van der Waals surface area contributed by atoms with Gasteiger partial charge in [-0.25, -0.2) is 4.98 Å². The van der Waals surface area contributed by atoms with E-state index in [-0.39, 0.29) is 17.3 Å². The lowest BCUT2D eigenvalue weighted by atomic mass is 10.1. The summed E-state index contributed by atoms with van der Waals surface area (Å²) in [5.41, 5.74) is 3.60. The first-order chi connectivity index (χ1) is 8.57. The number of nitrogens with zero attached hydrogens (tertiary/aromatic N) is 1. The lowest BCUT2D eigenvalue weighted by Crippen LogP contribution is -2.29. The maximum absolute atomic E-state index is 12.6. The van der Waals surface area contributed by atoms with Crippen molar-refractivity contribution in [2.45, 2.75) is 39.0 Å². The van der Waals surface area contributed by atoms with E-state index in [1.54, 1.807) is 13.8 Å². The number of pyridine rings is 1. The molecule has 19 heavy (non-hydrogen) atoms. The number of halogens is 3. The zero-order valence-electron chi connectivity index (χ0n) is 10.9. The van der Waals surface area contributed by atoms with E-state index in [0.717, 1.165) is 12.1 Å². The molecular formula is C12H16F3N3O. The standard InChI is InChI=1S/C12H16F3N3O/c1-4-11(2,3)19-10-7(9(16)17)5-6-8(18-10)12(13,14)15/h5-6H,4H2,1-3H3,(H3,16,17). The fourth-order valence-corrected chi connectivity index (χ4v) is 1.21. The second kappa shape index (κ2) is 5.07. The molecule has 0 aliphatic heterocycles. The van der Waals surface area contributed by atoms with Crippen LogP contribution in [0.1, 0.15) is 38.4 Å². The molecule has 0 fully saturated rings. The molecule has 1 aromatic heterocycles. The average Bonchev–Trinajstić information content (AvgIpc) is 2.27. The van der Waals surface area contributed by atoms with Crippen LogP contribution < -0.4 is 10.5 Å². The van der Waals surface area contributed by atoms with Gasteiger partial charge in [0.15, 0.2) is 0 Å². The third-order valence-corrected chi connectivity index (χ3v) is 2.67. The molecule has 0 aliphatic rings. The van der Waals surface area contributed by atoms with Crippen molar-refractivity contribution >= 4 is 5.84 Å². The summed E-state index contributed by atoms with van der Waals surface area (Å²) in [6.07, 6.45) is -3.99. The monoisotopic (exact) mass is 275 g/mol. The predicted octanol–water partition coefficient (Wildman–Crippen LogP) is 2.95. The number of nitrogen functional groups attached to an aromatic ring is 1. The Balaban J connectivity index is 3.28.